The monoisotopic (exact) mass is 449 g/mol. The molecule has 2 N–H and O–H groups in total. The quantitative estimate of drug-likeness (QED) is 0.592. The van der Waals surface area contributed by atoms with Crippen LogP contribution in [-0.2, 0) is 22.7 Å². The van der Waals surface area contributed by atoms with Crippen molar-refractivity contribution in [2.24, 2.45) is 0 Å². The number of aryl methyl sites for hydroxylation is 1. The van der Waals surface area contributed by atoms with Crippen LogP contribution in [0.15, 0.2) is 71.9 Å². The molecule has 0 aliphatic carbocycles. The van der Waals surface area contributed by atoms with Gasteiger partial charge in [0.1, 0.15) is 0 Å². The van der Waals surface area contributed by atoms with Gasteiger partial charge in [-0.3, -0.25) is 14.5 Å². The Morgan fingerprint density at radius 3 is 2.52 bits per heavy atom. The number of alkyl halides is 3. The standard InChI is InChI=1S/C21H18F3N3O3S/c1-14-7-8-16(20(28)26-13-15-4-3-9-25-12-15)10-19(14)27-31(29,30)18-6-2-5-17(11-18)21(22,23)24/h2-12,27H,13H2,1H3,(H,26,28). The average Bonchev–Trinajstić information content (AvgIpc) is 2.73. The normalized spacial score (nSPS) is 11.7. The van der Waals surface area contributed by atoms with Gasteiger partial charge in [0, 0.05) is 24.5 Å². The third-order valence-electron chi connectivity index (χ3n) is 4.39. The van der Waals surface area contributed by atoms with E-state index >= 15 is 0 Å². The van der Waals surface area contributed by atoms with E-state index < -0.39 is 32.6 Å². The van der Waals surface area contributed by atoms with E-state index in [0.717, 1.165) is 23.8 Å². The zero-order valence-corrected chi connectivity index (χ0v) is 17.1. The summed E-state index contributed by atoms with van der Waals surface area (Å²) < 4.78 is 66.3. The lowest BCUT2D eigenvalue weighted by Crippen LogP contribution is -2.23. The molecule has 0 saturated heterocycles. The van der Waals surface area contributed by atoms with Crippen molar-refractivity contribution in [1.82, 2.24) is 10.3 Å². The maximum Gasteiger partial charge on any atom is 0.416 e. The molecular formula is C21H18F3N3O3S. The van der Waals surface area contributed by atoms with Crippen molar-refractivity contribution < 1.29 is 26.4 Å². The Morgan fingerprint density at radius 2 is 1.84 bits per heavy atom. The number of pyridine rings is 1. The Kier molecular flexibility index (Phi) is 6.30. The summed E-state index contributed by atoms with van der Waals surface area (Å²) in [6, 6.07) is 11.4. The minimum absolute atomic E-state index is 0.0893. The molecule has 3 rings (SSSR count). The number of halogens is 3. The molecular weight excluding hydrogens is 431 g/mol. The second-order valence-electron chi connectivity index (χ2n) is 6.70. The number of sulfonamides is 1. The Morgan fingerprint density at radius 1 is 1.06 bits per heavy atom. The van der Waals surface area contributed by atoms with E-state index in [0.29, 0.717) is 11.6 Å². The van der Waals surface area contributed by atoms with E-state index in [-0.39, 0.29) is 17.8 Å². The summed E-state index contributed by atoms with van der Waals surface area (Å²) in [4.78, 5) is 15.9. The van der Waals surface area contributed by atoms with Crippen molar-refractivity contribution in [2.45, 2.75) is 24.5 Å². The number of anilines is 1. The molecule has 162 valence electrons. The van der Waals surface area contributed by atoms with E-state index in [1.807, 2.05) is 0 Å². The summed E-state index contributed by atoms with van der Waals surface area (Å²) in [5, 5.41) is 2.70. The molecule has 1 heterocycles. The lowest BCUT2D eigenvalue weighted by molar-refractivity contribution is -0.137. The van der Waals surface area contributed by atoms with Gasteiger partial charge in [0.2, 0.25) is 0 Å². The summed E-state index contributed by atoms with van der Waals surface area (Å²) >= 11 is 0. The summed E-state index contributed by atoms with van der Waals surface area (Å²) in [6.07, 6.45) is -1.47. The summed E-state index contributed by atoms with van der Waals surface area (Å²) in [7, 11) is -4.31. The van der Waals surface area contributed by atoms with Crippen LogP contribution < -0.4 is 10.0 Å². The average molecular weight is 449 g/mol. The highest BCUT2D eigenvalue weighted by Gasteiger charge is 2.31. The molecule has 0 unspecified atom stereocenters. The second kappa shape index (κ2) is 8.76. The number of amides is 1. The van der Waals surface area contributed by atoms with E-state index in [4.69, 9.17) is 0 Å². The SMILES string of the molecule is Cc1ccc(C(=O)NCc2cccnc2)cc1NS(=O)(=O)c1cccc(C(F)(F)F)c1. The number of benzene rings is 2. The van der Waals surface area contributed by atoms with Gasteiger partial charge in [-0.1, -0.05) is 18.2 Å². The Labute approximate surface area is 177 Å². The summed E-state index contributed by atoms with van der Waals surface area (Å²) in [5.74, 6) is -0.441. The number of aromatic nitrogens is 1. The molecule has 0 saturated carbocycles. The van der Waals surface area contributed by atoms with Gasteiger partial charge in [-0.15, -0.1) is 0 Å². The third-order valence-corrected chi connectivity index (χ3v) is 5.75. The first kappa shape index (κ1) is 22.3. The first-order chi connectivity index (χ1) is 14.6. The van der Waals surface area contributed by atoms with Crippen LogP contribution in [0.2, 0.25) is 0 Å². The highest BCUT2D eigenvalue weighted by Crippen LogP contribution is 2.31. The number of rotatable bonds is 6. The first-order valence-electron chi connectivity index (χ1n) is 9.04. The lowest BCUT2D eigenvalue weighted by Gasteiger charge is -2.14. The molecule has 0 spiro atoms. The van der Waals surface area contributed by atoms with Crippen LogP contribution in [-0.4, -0.2) is 19.3 Å². The number of carbonyl (C=O) groups is 1. The first-order valence-corrected chi connectivity index (χ1v) is 10.5. The van der Waals surface area contributed by atoms with E-state index in [1.54, 1.807) is 37.5 Å². The number of nitrogens with zero attached hydrogens (tertiary/aromatic N) is 1. The van der Waals surface area contributed by atoms with Crippen LogP contribution in [0.4, 0.5) is 18.9 Å². The van der Waals surface area contributed by atoms with Crippen LogP contribution in [0.3, 0.4) is 0 Å². The number of nitrogens with one attached hydrogen (secondary N) is 2. The Bertz CT molecular complexity index is 1200. The largest absolute Gasteiger partial charge is 0.416 e. The maximum absolute atomic E-state index is 12.9. The molecule has 2 aromatic carbocycles. The molecule has 31 heavy (non-hydrogen) atoms. The Balaban J connectivity index is 1.81. The third kappa shape index (κ3) is 5.60. The molecule has 0 radical (unpaired) electrons. The highest BCUT2D eigenvalue weighted by atomic mass is 32.2. The molecule has 1 aromatic heterocycles. The molecule has 6 nitrogen and oxygen atoms in total. The fourth-order valence-electron chi connectivity index (χ4n) is 2.70. The maximum atomic E-state index is 12.9. The van der Waals surface area contributed by atoms with Gasteiger partial charge in [0.05, 0.1) is 16.1 Å². The van der Waals surface area contributed by atoms with Crippen LogP contribution >= 0.6 is 0 Å². The molecule has 3 aromatic rings. The van der Waals surface area contributed by atoms with Gasteiger partial charge in [-0.2, -0.15) is 13.2 Å². The fraction of sp³-hybridized carbons (Fsp3) is 0.143. The second-order valence-corrected chi connectivity index (χ2v) is 8.39. The lowest BCUT2D eigenvalue weighted by atomic mass is 10.1. The van der Waals surface area contributed by atoms with Gasteiger partial charge in [-0.25, -0.2) is 8.42 Å². The zero-order chi connectivity index (χ0) is 22.6. The van der Waals surface area contributed by atoms with Crippen molar-refractivity contribution >= 4 is 21.6 Å². The minimum atomic E-state index is -4.67. The molecule has 0 aliphatic rings. The predicted molar refractivity (Wildman–Crippen MR) is 109 cm³/mol. The molecule has 0 bridgehead atoms. The van der Waals surface area contributed by atoms with Crippen LogP contribution in [0.25, 0.3) is 0 Å². The number of hydrogen-bond acceptors (Lipinski definition) is 4. The van der Waals surface area contributed by atoms with Crippen molar-refractivity contribution in [2.75, 3.05) is 4.72 Å². The summed E-state index contributed by atoms with van der Waals surface area (Å²) in [5.41, 5.74) is 0.492. The fourth-order valence-corrected chi connectivity index (χ4v) is 3.87. The smallest absolute Gasteiger partial charge is 0.348 e. The molecule has 10 heteroatoms. The molecule has 0 aliphatic heterocycles. The number of carbonyl (C=O) groups excluding carboxylic acids is 1. The molecule has 0 fully saturated rings. The summed E-state index contributed by atoms with van der Waals surface area (Å²) in [6.45, 7) is 1.84. The Hall–Kier alpha value is -3.40. The van der Waals surface area contributed by atoms with Crippen LogP contribution in [0.1, 0.15) is 27.0 Å². The van der Waals surface area contributed by atoms with Gasteiger partial charge >= 0.3 is 6.18 Å². The van der Waals surface area contributed by atoms with E-state index in [2.05, 4.69) is 15.0 Å². The topological polar surface area (TPSA) is 88.2 Å². The minimum Gasteiger partial charge on any atom is -0.348 e. The van der Waals surface area contributed by atoms with Gasteiger partial charge in [-0.05, 0) is 54.4 Å². The van der Waals surface area contributed by atoms with E-state index in [9.17, 15) is 26.4 Å². The van der Waals surface area contributed by atoms with Gasteiger partial charge < -0.3 is 5.32 Å². The number of hydrogen-bond donors (Lipinski definition) is 2. The predicted octanol–water partition coefficient (Wildman–Crippen LogP) is 4.14. The van der Waals surface area contributed by atoms with E-state index in [1.165, 1.54) is 12.1 Å². The van der Waals surface area contributed by atoms with Gasteiger partial charge in [0.15, 0.2) is 0 Å². The molecule has 1 amide bonds. The zero-order valence-electron chi connectivity index (χ0n) is 16.3. The van der Waals surface area contributed by atoms with Crippen LogP contribution in [0.5, 0.6) is 0 Å². The van der Waals surface area contributed by atoms with Crippen molar-refractivity contribution in [1.29, 1.82) is 0 Å². The van der Waals surface area contributed by atoms with Crippen molar-refractivity contribution in [3.63, 3.8) is 0 Å². The van der Waals surface area contributed by atoms with Crippen LogP contribution in [0, 0.1) is 6.92 Å². The van der Waals surface area contributed by atoms with Crippen molar-refractivity contribution in [3.8, 4) is 0 Å². The van der Waals surface area contributed by atoms with Crippen molar-refractivity contribution in [3.05, 3.63) is 89.2 Å². The molecule has 0 atom stereocenters. The van der Waals surface area contributed by atoms with Gasteiger partial charge in [0.25, 0.3) is 15.9 Å². The highest BCUT2D eigenvalue weighted by molar-refractivity contribution is 7.92.